The number of hydrogen-bond donors (Lipinski definition) is 1. The van der Waals surface area contributed by atoms with Gasteiger partial charge in [-0.25, -0.2) is 4.98 Å². The van der Waals surface area contributed by atoms with E-state index in [0.29, 0.717) is 18.3 Å². The lowest BCUT2D eigenvalue weighted by Crippen LogP contribution is -2.25. The predicted octanol–water partition coefficient (Wildman–Crippen LogP) is 5.13. The van der Waals surface area contributed by atoms with Crippen molar-refractivity contribution in [2.24, 2.45) is 12.1 Å². The molecule has 0 bridgehead atoms. The first-order valence-corrected chi connectivity index (χ1v) is 11.7. The summed E-state index contributed by atoms with van der Waals surface area (Å²) in [6, 6.07) is 12.3. The Morgan fingerprint density at radius 2 is 1.91 bits per heavy atom. The van der Waals surface area contributed by atoms with Crippen molar-refractivity contribution in [3.8, 4) is 5.88 Å². The molecule has 0 amide bonds. The lowest BCUT2D eigenvalue weighted by atomic mass is 10.2. The Bertz CT molecular complexity index is 1050. The Morgan fingerprint density at radius 3 is 2.58 bits per heavy atom. The maximum Gasteiger partial charge on any atom is 0.217 e. The van der Waals surface area contributed by atoms with Crippen LogP contribution in [0, 0.1) is 13.8 Å². The molecule has 0 aliphatic carbocycles. The summed E-state index contributed by atoms with van der Waals surface area (Å²) in [6.07, 6.45) is 6.63. The quantitative estimate of drug-likeness (QED) is 0.307. The number of hydrazone groups is 1. The van der Waals surface area contributed by atoms with Gasteiger partial charge in [-0.05, 0) is 32.3 Å². The number of pyridine rings is 1. The summed E-state index contributed by atoms with van der Waals surface area (Å²) in [5.74, 6) is 2.26. The van der Waals surface area contributed by atoms with Crippen LogP contribution in [0.2, 0.25) is 0 Å². The highest BCUT2D eigenvalue weighted by Gasteiger charge is 2.11. The fourth-order valence-corrected chi connectivity index (χ4v) is 3.68. The van der Waals surface area contributed by atoms with Gasteiger partial charge in [-0.1, -0.05) is 43.7 Å². The maximum absolute atomic E-state index is 6.07. The molecule has 3 rings (SSSR count). The Hall–Kier alpha value is -3.35. The third-order valence-electron chi connectivity index (χ3n) is 5.50. The minimum Gasteiger partial charge on any atom is -0.477 e. The van der Waals surface area contributed by atoms with E-state index < -0.39 is 0 Å². The van der Waals surface area contributed by atoms with Gasteiger partial charge in [0, 0.05) is 56.3 Å². The van der Waals surface area contributed by atoms with Crippen molar-refractivity contribution in [3.63, 3.8) is 0 Å². The molecule has 7 heteroatoms. The van der Waals surface area contributed by atoms with Gasteiger partial charge in [0.2, 0.25) is 5.88 Å². The number of nitrogens with one attached hydrogen (secondary N) is 1. The average molecular weight is 449 g/mol. The molecule has 3 aromatic rings. The van der Waals surface area contributed by atoms with Crippen molar-refractivity contribution >= 4 is 17.7 Å². The summed E-state index contributed by atoms with van der Waals surface area (Å²) >= 11 is 0. The zero-order chi connectivity index (χ0) is 23.6. The Balaban J connectivity index is 1.76. The zero-order valence-electron chi connectivity index (χ0n) is 20.5. The molecule has 2 aromatic heterocycles. The van der Waals surface area contributed by atoms with Gasteiger partial charge in [-0.2, -0.15) is 10.1 Å². The monoisotopic (exact) mass is 448 g/mol. The van der Waals surface area contributed by atoms with E-state index in [2.05, 4.69) is 62.9 Å². The minimum absolute atomic E-state index is 0.531. The molecule has 0 aliphatic heterocycles. The number of ether oxygens (including phenoxy) is 1. The first-order valence-electron chi connectivity index (χ1n) is 11.7. The topological polar surface area (TPSA) is 67.6 Å². The van der Waals surface area contributed by atoms with E-state index in [1.54, 1.807) is 0 Å². The molecule has 0 unspecified atom stereocenters. The van der Waals surface area contributed by atoms with Crippen molar-refractivity contribution in [2.75, 3.05) is 30.0 Å². The predicted molar refractivity (Wildman–Crippen MR) is 137 cm³/mol. The number of nitrogens with zero attached hydrogens (tertiary/aromatic N) is 5. The summed E-state index contributed by atoms with van der Waals surface area (Å²) in [7, 11) is 2.03. The molecule has 2 heterocycles. The number of imidazole rings is 1. The van der Waals surface area contributed by atoms with E-state index >= 15 is 0 Å². The highest BCUT2D eigenvalue weighted by molar-refractivity contribution is 5.80. The zero-order valence-corrected chi connectivity index (χ0v) is 20.5. The Labute approximate surface area is 197 Å². The van der Waals surface area contributed by atoms with Gasteiger partial charge in [-0.15, -0.1) is 0 Å². The Morgan fingerprint density at radius 1 is 1.12 bits per heavy atom. The molecule has 1 aromatic carbocycles. The fourth-order valence-electron chi connectivity index (χ4n) is 3.68. The van der Waals surface area contributed by atoms with Crippen LogP contribution in [0.3, 0.4) is 0 Å². The number of anilines is 2. The standard InChI is InChI=1S/C26H36N6O/c1-6-12-32(13-7-2)24-16-25(30-28-18-22-10-8-9-20(3)15-22)29-26(17-24)33-14-11-23-19-27-21(4)31(23)5/h8-10,15-19H,6-7,11-14H2,1-5H3,(H,29,30)/b28-18+. The second-order valence-electron chi connectivity index (χ2n) is 8.27. The Kier molecular flexibility index (Phi) is 8.87. The average Bonchev–Trinajstić information content (AvgIpc) is 3.11. The lowest BCUT2D eigenvalue weighted by molar-refractivity contribution is 0.307. The number of aryl methyl sites for hydroxylation is 2. The minimum atomic E-state index is 0.531. The first kappa shape index (κ1) is 24.3. The largest absolute Gasteiger partial charge is 0.477 e. The second kappa shape index (κ2) is 12.0. The van der Waals surface area contributed by atoms with Crippen LogP contribution in [-0.4, -0.2) is 40.4 Å². The summed E-state index contributed by atoms with van der Waals surface area (Å²) in [6.45, 7) is 11.0. The van der Waals surface area contributed by atoms with Crippen LogP contribution in [-0.2, 0) is 13.5 Å². The van der Waals surface area contributed by atoms with Crippen molar-refractivity contribution in [1.82, 2.24) is 14.5 Å². The fraction of sp³-hybridized carbons (Fsp3) is 0.423. The van der Waals surface area contributed by atoms with Gasteiger partial charge in [0.1, 0.15) is 5.82 Å². The van der Waals surface area contributed by atoms with Crippen molar-refractivity contribution in [2.45, 2.75) is 47.0 Å². The van der Waals surface area contributed by atoms with E-state index in [1.165, 1.54) is 5.56 Å². The number of rotatable bonds is 12. The molecule has 0 atom stereocenters. The molecule has 33 heavy (non-hydrogen) atoms. The lowest BCUT2D eigenvalue weighted by Gasteiger charge is -2.24. The molecule has 1 N–H and O–H groups in total. The molecule has 0 saturated carbocycles. The van der Waals surface area contributed by atoms with Crippen LogP contribution in [0.1, 0.15) is 49.3 Å². The van der Waals surface area contributed by atoms with Gasteiger partial charge >= 0.3 is 0 Å². The highest BCUT2D eigenvalue weighted by Crippen LogP contribution is 2.25. The van der Waals surface area contributed by atoms with Crippen molar-refractivity contribution in [1.29, 1.82) is 0 Å². The van der Waals surface area contributed by atoms with Gasteiger partial charge < -0.3 is 14.2 Å². The third kappa shape index (κ3) is 7.07. The van der Waals surface area contributed by atoms with Gasteiger partial charge in [0.15, 0.2) is 5.82 Å². The summed E-state index contributed by atoms with van der Waals surface area (Å²) in [5.41, 5.74) is 7.57. The van der Waals surface area contributed by atoms with Gasteiger partial charge in [0.25, 0.3) is 0 Å². The summed E-state index contributed by atoms with van der Waals surface area (Å²) in [4.78, 5) is 11.4. The number of aromatic nitrogens is 3. The number of benzene rings is 1. The van der Waals surface area contributed by atoms with Crippen LogP contribution in [0.25, 0.3) is 0 Å². The van der Waals surface area contributed by atoms with Crippen LogP contribution in [0.5, 0.6) is 5.88 Å². The van der Waals surface area contributed by atoms with E-state index in [9.17, 15) is 0 Å². The van der Waals surface area contributed by atoms with Crippen LogP contribution in [0.4, 0.5) is 11.5 Å². The van der Waals surface area contributed by atoms with Gasteiger partial charge in [-0.3, -0.25) is 5.43 Å². The van der Waals surface area contributed by atoms with Crippen LogP contribution < -0.4 is 15.1 Å². The maximum atomic E-state index is 6.07. The first-order chi connectivity index (χ1) is 16.0. The summed E-state index contributed by atoms with van der Waals surface area (Å²) < 4.78 is 8.16. The van der Waals surface area contributed by atoms with Gasteiger partial charge in [0.05, 0.1) is 12.8 Å². The molecular formula is C26H36N6O. The third-order valence-corrected chi connectivity index (χ3v) is 5.50. The van der Waals surface area contributed by atoms with E-state index in [0.717, 1.165) is 55.1 Å². The number of hydrogen-bond acceptors (Lipinski definition) is 6. The van der Waals surface area contributed by atoms with E-state index in [-0.39, 0.29) is 0 Å². The van der Waals surface area contributed by atoms with Crippen LogP contribution in [0.15, 0.2) is 47.7 Å². The highest BCUT2D eigenvalue weighted by atomic mass is 16.5. The molecule has 0 radical (unpaired) electrons. The smallest absolute Gasteiger partial charge is 0.217 e. The van der Waals surface area contributed by atoms with Crippen LogP contribution >= 0.6 is 0 Å². The van der Waals surface area contributed by atoms with Crippen molar-refractivity contribution < 1.29 is 4.74 Å². The normalized spacial score (nSPS) is 11.2. The molecule has 0 saturated heterocycles. The van der Waals surface area contributed by atoms with Crippen molar-refractivity contribution in [3.05, 3.63) is 65.2 Å². The summed E-state index contributed by atoms with van der Waals surface area (Å²) in [5, 5.41) is 4.41. The second-order valence-corrected chi connectivity index (χ2v) is 8.27. The molecule has 0 aliphatic rings. The molecule has 0 fully saturated rings. The SMILES string of the molecule is CCCN(CCC)c1cc(N/N=C/c2cccc(C)c2)nc(OCCc2cnc(C)n2C)c1. The van der Waals surface area contributed by atoms with E-state index in [1.807, 2.05) is 50.6 Å². The molecule has 7 nitrogen and oxygen atoms in total. The molecular weight excluding hydrogens is 412 g/mol. The molecule has 176 valence electrons. The molecule has 0 spiro atoms. The van der Waals surface area contributed by atoms with E-state index in [4.69, 9.17) is 4.74 Å².